The molecule has 0 spiro atoms. The zero-order chi connectivity index (χ0) is 14.3. The van der Waals surface area contributed by atoms with Crippen molar-refractivity contribution in [1.82, 2.24) is 5.32 Å². The van der Waals surface area contributed by atoms with Gasteiger partial charge in [0, 0.05) is 10.5 Å². The van der Waals surface area contributed by atoms with Gasteiger partial charge in [0.1, 0.15) is 5.75 Å². The molecule has 1 aromatic carbocycles. The van der Waals surface area contributed by atoms with Gasteiger partial charge in [-0.1, -0.05) is 42.1 Å². The summed E-state index contributed by atoms with van der Waals surface area (Å²) in [4.78, 5) is 12.2. The molecule has 0 aliphatic carbocycles. The maximum atomic E-state index is 12.2. The number of unbranched alkanes of at least 4 members (excludes halogenated alkanes) is 2. The summed E-state index contributed by atoms with van der Waals surface area (Å²) in [6, 6.07) is 5.61. The third-order valence-corrected chi connectivity index (χ3v) is 3.52. The van der Waals surface area contributed by atoms with Crippen molar-refractivity contribution >= 4 is 21.8 Å². The number of benzene rings is 1. The van der Waals surface area contributed by atoms with Gasteiger partial charge in [0.05, 0.1) is 12.7 Å². The van der Waals surface area contributed by atoms with Crippen LogP contribution in [0.5, 0.6) is 5.75 Å². The fourth-order valence-corrected chi connectivity index (χ4v) is 2.27. The van der Waals surface area contributed by atoms with Gasteiger partial charge in [-0.3, -0.25) is 4.79 Å². The Kier molecular flexibility index (Phi) is 6.92. The molecule has 1 unspecified atom stereocenters. The summed E-state index contributed by atoms with van der Waals surface area (Å²) in [7, 11) is 1.57. The molecule has 0 aromatic heterocycles. The lowest BCUT2D eigenvalue weighted by molar-refractivity contribution is 0.0935. The van der Waals surface area contributed by atoms with E-state index < -0.39 is 0 Å². The first-order valence-electron chi connectivity index (χ1n) is 6.72. The quantitative estimate of drug-likeness (QED) is 0.764. The van der Waals surface area contributed by atoms with Gasteiger partial charge < -0.3 is 10.1 Å². The van der Waals surface area contributed by atoms with Crippen LogP contribution >= 0.6 is 15.9 Å². The van der Waals surface area contributed by atoms with Gasteiger partial charge in [0.25, 0.3) is 5.91 Å². The Morgan fingerprint density at radius 1 is 1.42 bits per heavy atom. The molecule has 1 amide bonds. The lowest BCUT2D eigenvalue weighted by atomic mass is 10.1. The van der Waals surface area contributed by atoms with Crippen molar-refractivity contribution in [3.05, 3.63) is 28.2 Å². The van der Waals surface area contributed by atoms with Gasteiger partial charge in [0.2, 0.25) is 0 Å². The number of nitrogens with one attached hydrogen (secondary N) is 1. The van der Waals surface area contributed by atoms with Crippen molar-refractivity contribution in [2.24, 2.45) is 0 Å². The van der Waals surface area contributed by atoms with Crippen LogP contribution in [0.15, 0.2) is 22.7 Å². The molecule has 0 aliphatic heterocycles. The van der Waals surface area contributed by atoms with E-state index in [1.165, 1.54) is 12.8 Å². The second-order valence-electron chi connectivity index (χ2n) is 4.71. The summed E-state index contributed by atoms with van der Waals surface area (Å²) >= 11 is 3.37. The van der Waals surface area contributed by atoms with Gasteiger partial charge >= 0.3 is 0 Å². The van der Waals surface area contributed by atoms with E-state index in [0.29, 0.717) is 11.3 Å². The van der Waals surface area contributed by atoms with Crippen molar-refractivity contribution in [2.45, 2.75) is 45.6 Å². The molecule has 1 atom stereocenters. The Morgan fingerprint density at radius 3 is 2.79 bits per heavy atom. The fraction of sp³-hybridized carbons (Fsp3) is 0.533. The maximum Gasteiger partial charge on any atom is 0.255 e. The molecule has 1 aromatic rings. The first-order valence-corrected chi connectivity index (χ1v) is 7.52. The van der Waals surface area contributed by atoms with Crippen LogP contribution in [0.4, 0.5) is 0 Å². The van der Waals surface area contributed by atoms with E-state index in [2.05, 4.69) is 28.2 Å². The summed E-state index contributed by atoms with van der Waals surface area (Å²) in [5.41, 5.74) is 0.577. The minimum atomic E-state index is -0.0756. The molecule has 0 saturated carbocycles. The van der Waals surface area contributed by atoms with Crippen LogP contribution < -0.4 is 10.1 Å². The average Bonchev–Trinajstić information content (AvgIpc) is 2.38. The molecule has 0 saturated heterocycles. The molecule has 3 nitrogen and oxygen atoms in total. The number of carbonyl (C=O) groups excluding carboxylic acids is 1. The average molecular weight is 328 g/mol. The minimum absolute atomic E-state index is 0.0756. The van der Waals surface area contributed by atoms with Gasteiger partial charge in [-0.15, -0.1) is 0 Å². The number of carbonyl (C=O) groups is 1. The Bertz CT molecular complexity index is 421. The lowest BCUT2D eigenvalue weighted by Gasteiger charge is -2.15. The van der Waals surface area contributed by atoms with E-state index in [0.717, 1.165) is 17.3 Å². The topological polar surface area (TPSA) is 38.3 Å². The number of hydrogen-bond acceptors (Lipinski definition) is 2. The van der Waals surface area contributed by atoms with Crippen molar-refractivity contribution in [3.63, 3.8) is 0 Å². The normalized spacial score (nSPS) is 12.0. The highest BCUT2D eigenvalue weighted by molar-refractivity contribution is 9.10. The SMILES string of the molecule is CCCCCC(C)NC(=O)c1ccc(Br)cc1OC. The molecule has 0 bridgehead atoms. The molecular formula is C15H22BrNO2. The van der Waals surface area contributed by atoms with Crippen LogP contribution in [-0.2, 0) is 0 Å². The number of methoxy groups -OCH3 is 1. The number of halogens is 1. The van der Waals surface area contributed by atoms with E-state index in [1.807, 2.05) is 13.0 Å². The van der Waals surface area contributed by atoms with Crippen molar-refractivity contribution in [3.8, 4) is 5.75 Å². The summed E-state index contributed by atoms with van der Waals surface area (Å²) in [5.74, 6) is 0.515. The second kappa shape index (κ2) is 8.20. The van der Waals surface area contributed by atoms with E-state index in [-0.39, 0.29) is 11.9 Å². The Labute approximate surface area is 123 Å². The highest BCUT2D eigenvalue weighted by Gasteiger charge is 2.14. The van der Waals surface area contributed by atoms with Gasteiger partial charge in [-0.05, 0) is 31.5 Å². The van der Waals surface area contributed by atoms with Crippen LogP contribution in [0.1, 0.15) is 49.9 Å². The smallest absolute Gasteiger partial charge is 0.255 e. The molecule has 0 fully saturated rings. The predicted molar refractivity (Wildman–Crippen MR) is 81.8 cm³/mol. The van der Waals surface area contributed by atoms with Gasteiger partial charge in [0.15, 0.2) is 0 Å². The molecule has 0 radical (unpaired) electrons. The third kappa shape index (κ3) is 5.23. The number of rotatable bonds is 7. The maximum absolute atomic E-state index is 12.2. The van der Waals surface area contributed by atoms with Crippen LogP contribution in [0.3, 0.4) is 0 Å². The zero-order valence-corrected chi connectivity index (χ0v) is 13.4. The van der Waals surface area contributed by atoms with Crippen LogP contribution in [-0.4, -0.2) is 19.1 Å². The van der Waals surface area contributed by atoms with Crippen molar-refractivity contribution < 1.29 is 9.53 Å². The monoisotopic (exact) mass is 327 g/mol. The second-order valence-corrected chi connectivity index (χ2v) is 5.63. The first kappa shape index (κ1) is 16.0. The lowest BCUT2D eigenvalue weighted by Crippen LogP contribution is -2.32. The van der Waals surface area contributed by atoms with Crippen molar-refractivity contribution in [2.75, 3.05) is 7.11 Å². The Hall–Kier alpha value is -1.03. The molecular weight excluding hydrogens is 306 g/mol. The fourth-order valence-electron chi connectivity index (χ4n) is 1.93. The number of ether oxygens (including phenoxy) is 1. The molecule has 1 rings (SSSR count). The van der Waals surface area contributed by atoms with E-state index in [4.69, 9.17) is 4.74 Å². The largest absolute Gasteiger partial charge is 0.496 e. The Balaban J connectivity index is 2.62. The van der Waals surface area contributed by atoms with Gasteiger partial charge in [-0.25, -0.2) is 0 Å². The molecule has 0 aliphatic rings. The Morgan fingerprint density at radius 2 is 2.16 bits per heavy atom. The minimum Gasteiger partial charge on any atom is -0.496 e. The van der Waals surface area contributed by atoms with Crippen LogP contribution in [0.25, 0.3) is 0 Å². The van der Waals surface area contributed by atoms with E-state index >= 15 is 0 Å². The summed E-state index contributed by atoms with van der Waals surface area (Å²) in [6.07, 6.45) is 4.57. The van der Waals surface area contributed by atoms with Crippen LogP contribution in [0.2, 0.25) is 0 Å². The zero-order valence-electron chi connectivity index (χ0n) is 11.8. The molecule has 4 heteroatoms. The van der Waals surface area contributed by atoms with E-state index in [1.54, 1.807) is 19.2 Å². The summed E-state index contributed by atoms with van der Waals surface area (Å²) in [5, 5.41) is 3.02. The highest BCUT2D eigenvalue weighted by Crippen LogP contribution is 2.23. The van der Waals surface area contributed by atoms with Gasteiger partial charge in [-0.2, -0.15) is 0 Å². The molecule has 19 heavy (non-hydrogen) atoms. The number of amides is 1. The predicted octanol–water partition coefficient (Wildman–Crippen LogP) is 4.16. The molecule has 1 N–H and O–H groups in total. The molecule has 106 valence electrons. The summed E-state index contributed by atoms with van der Waals surface area (Å²) < 4.78 is 6.14. The third-order valence-electron chi connectivity index (χ3n) is 3.03. The molecule has 0 heterocycles. The first-order chi connectivity index (χ1) is 9.08. The number of hydrogen-bond donors (Lipinski definition) is 1. The van der Waals surface area contributed by atoms with Crippen LogP contribution in [0, 0.1) is 0 Å². The van der Waals surface area contributed by atoms with E-state index in [9.17, 15) is 4.79 Å². The van der Waals surface area contributed by atoms with Crippen molar-refractivity contribution in [1.29, 1.82) is 0 Å². The standard InChI is InChI=1S/C15H22BrNO2/c1-4-5-6-7-11(2)17-15(18)13-9-8-12(16)10-14(13)19-3/h8-11H,4-7H2,1-3H3,(H,17,18). The highest BCUT2D eigenvalue weighted by atomic mass is 79.9. The summed E-state index contributed by atoms with van der Waals surface area (Å²) in [6.45, 7) is 4.22.